The fraction of sp³-hybridized carbons (Fsp3) is 0.589. The van der Waals surface area contributed by atoms with Gasteiger partial charge in [0.05, 0.1) is 39.9 Å². The molecule has 1 amide bonds. The van der Waals surface area contributed by atoms with Crippen molar-refractivity contribution in [3.8, 4) is 0 Å². The molecule has 3 unspecified atom stereocenters. The number of aliphatic hydroxyl groups excluding tert-OH is 1. The van der Waals surface area contributed by atoms with E-state index in [2.05, 4.69) is 153 Å². The summed E-state index contributed by atoms with van der Waals surface area (Å²) in [5.41, 5.74) is 0. The number of quaternary nitrogens is 1. The third-order valence-corrected chi connectivity index (χ3v) is 11.1. The molecule has 65 heavy (non-hydrogen) atoms. The molecule has 0 fully saturated rings. The number of nitrogens with zero attached hydrogens (tertiary/aromatic N) is 1. The lowest BCUT2D eigenvalue weighted by Crippen LogP contribution is -2.46. The minimum Gasteiger partial charge on any atom is -0.391 e. The first-order chi connectivity index (χ1) is 31.5. The van der Waals surface area contributed by atoms with Gasteiger partial charge in [0.15, 0.2) is 0 Å². The van der Waals surface area contributed by atoms with Gasteiger partial charge in [-0.1, -0.05) is 192 Å². The zero-order valence-electron chi connectivity index (χ0n) is 41.7. The van der Waals surface area contributed by atoms with Crippen LogP contribution < -0.4 is 5.32 Å². The Hall–Kier alpha value is -3.36. The number of nitrogens with one attached hydrogen (secondary N) is 1. The highest BCUT2D eigenvalue weighted by molar-refractivity contribution is 7.47. The van der Waals surface area contributed by atoms with Gasteiger partial charge in [-0.15, -0.1) is 0 Å². The minimum absolute atomic E-state index is 0.0618. The average molecular weight is 922 g/mol. The second kappa shape index (κ2) is 45.8. The van der Waals surface area contributed by atoms with Crippen molar-refractivity contribution in [2.45, 2.75) is 174 Å². The number of hydrogen-bond acceptors (Lipinski definition) is 5. The predicted molar refractivity (Wildman–Crippen MR) is 281 cm³/mol. The molecular formula is C56H94N2O6P+. The molecule has 368 valence electrons. The van der Waals surface area contributed by atoms with Crippen molar-refractivity contribution >= 4 is 13.7 Å². The molecule has 0 heterocycles. The second-order valence-electron chi connectivity index (χ2n) is 17.5. The van der Waals surface area contributed by atoms with Crippen LogP contribution in [0.3, 0.4) is 0 Å². The number of amides is 1. The molecule has 0 aliphatic carbocycles. The molecule has 8 nitrogen and oxygen atoms in total. The smallest absolute Gasteiger partial charge is 0.391 e. The van der Waals surface area contributed by atoms with Crippen molar-refractivity contribution in [2.24, 2.45) is 0 Å². The van der Waals surface area contributed by atoms with E-state index in [0.717, 1.165) is 135 Å². The molecule has 0 rings (SSSR count). The molecule has 0 aliphatic heterocycles. The van der Waals surface area contributed by atoms with Crippen LogP contribution in [0.1, 0.15) is 162 Å². The molecule has 9 heteroatoms. The monoisotopic (exact) mass is 922 g/mol. The van der Waals surface area contributed by atoms with Gasteiger partial charge in [-0.2, -0.15) is 0 Å². The van der Waals surface area contributed by atoms with Gasteiger partial charge in [0, 0.05) is 6.42 Å². The molecule has 3 N–H and O–H groups in total. The van der Waals surface area contributed by atoms with Crippen molar-refractivity contribution in [3.63, 3.8) is 0 Å². The fourth-order valence-corrected chi connectivity index (χ4v) is 6.96. The molecule has 0 radical (unpaired) electrons. The number of phosphoric acid groups is 1. The van der Waals surface area contributed by atoms with E-state index < -0.39 is 20.0 Å². The minimum atomic E-state index is -4.31. The second-order valence-corrected chi connectivity index (χ2v) is 18.9. The van der Waals surface area contributed by atoms with Gasteiger partial charge in [0.2, 0.25) is 5.91 Å². The fourth-order valence-electron chi connectivity index (χ4n) is 6.22. The molecule has 3 atom stereocenters. The molecule has 0 saturated heterocycles. The lowest BCUT2D eigenvalue weighted by Gasteiger charge is -2.26. The molecule has 0 aromatic heterocycles. The summed E-state index contributed by atoms with van der Waals surface area (Å²) in [6.07, 6.45) is 70.0. The maximum absolute atomic E-state index is 12.8. The Labute approximate surface area is 398 Å². The molecule has 0 aromatic carbocycles. The topological polar surface area (TPSA) is 105 Å². The Kier molecular flexibility index (Phi) is 43.4. The van der Waals surface area contributed by atoms with Crippen molar-refractivity contribution in [1.82, 2.24) is 5.32 Å². The Balaban J connectivity index is 3.99. The summed E-state index contributed by atoms with van der Waals surface area (Å²) < 4.78 is 23.4. The van der Waals surface area contributed by atoms with Crippen LogP contribution in [-0.2, 0) is 18.4 Å². The largest absolute Gasteiger partial charge is 0.472 e. The quantitative estimate of drug-likeness (QED) is 0.0244. The van der Waals surface area contributed by atoms with Crippen LogP contribution in [0.4, 0.5) is 0 Å². The maximum atomic E-state index is 12.8. The lowest BCUT2D eigenvalue weighted by atomic mass is 10.0. The molecule has 0 spiro atoms. The van der Waals surface area contributed by atoms with E-state index in [1.165, 1.54) is 0 Å². The summed E-state index contributed by atoms with van der Waals surface area (Å²) in [4.78, 5) is 22.9. The first-order valence-electron chi connectivity index (χ1n) is 25.0. The van der Waals surface area contributed by atoms with Gasteiger partial charge in [-0.05, 0) is 96.3 Å². The molecule has 0 aliphatic rings. The van der Waals surface area contributed by atoms with Gasteiger partial charge in [-0.3, -0.25) is 13.8 Å². The molecular weight excluding hydrogens is 828 g/mol. The van der Waals surface area contributed by atoms with E-state index in [4.69, 9.17) is 9.05 Å². The number of rotatable bonds is 43. The predicted octanol–water partition coefficient (Wildman–Crippen LogP) is 14.8. The van der Waals surface area contributed by atoms with Gasteiger partial charge in [-0.25, -0.2) is 4.57 Å². The van der Waals surface area contributed by atoms with E-state index in [-0.39, 0.29) is 19.1 Å². The lowest BCUT2D eigenvalue weighted by molar-refractivity contribution is -0.870. The first-order valence-corrected chi connectivity index (χ1v) is 26.5. The Morgan fingerprint density at radius 1 is 0.538 bits per heavy atom. The first kappa shape index (κ1) is 61.6. The summed E-state index contributed by atoms with van der Waals surface area (Å²) in [7, 11) is 1.57. The van der Waals surface area contributed by atoms with Crippen molar-refractivity contribution in [2.75, 3.05) is 40.9 Å². The third-order valence-electron chi connectivity index (χ3n) is 10.2. The van der Waals surface area contributed by atoms with E-state index >= 15 is 0 Å². The Bertz CT molecular complexity index is 1510. The van der Waals surface area contributed by atoms with Gasteiger partial charge in [0.1, 0.15) is 13.2 Å². The number of carbonyl (C=O) groups is 1. The number of aliphatic hydroxyl groups is 1. The summed E-state index contributed by atoms with van der Waals surface area (Å²) in [6, 6.07) is -0.776. The van der Waals surface area contributed by atoms with Gasteiger partial charge < -0.3 is 19.8 Å². The Morgan fingerprint density at radius 3 is 1.34 bits per heavy atom. The summed E-state index contributed by atoms with van der Waals surface area (Å²) in [6.45, 7) is 4.59. The number of likely N-dealkylation sites (N-methyl/N-ethyl adjacent to an activating group) is 1. The third kappa shape index (κ3) is 48.4. The van der Waals surface area contributed by atoms with Crippen LogP contribution in [0.15, 0.2) is 134 Å². The number of carbonyl (C=O) groups excluding carboxylic acids is 1. The van der Waals surface area contributed by atoms with E-state index in [9.17, 15) is 19.4 Å². The molecule has 0 aromatic rings. The Morgan fingerprint density at radius 2 is 0.923 bits per heavy atom. The van der Waals surface area contributed by atoms with Crippen molar-refractivity contribution in [1.29, 1.82) is 0 Å². The van der Waals surface area contributed by atoms with Crippen LogP contribution in [0, 0.1) is 0 Å². The highest BCUT2D eigenvalue weighted by atomic mass is 31.2. The van der Waals surface area contributed by atoms with Gasteiger partial charge >= 0.3 is 7.82 Å². The number of unbranched alkanes of at least 4 members (excludes halogenated alkanes) is 8. The van der Waals surface area contributed by atoms with Crippen LogP contribution in [0.25, 0.3) is 0 Å². The van der Waals surface area contributed by atoms with Crippen LogP contribution in [0.5, 0.6) is 0 Å². The zero-order chi connectivity index (χ0) is 47.8. The average Bonchev–Trinajstić information content (AvgIpc) is 3.26. The van der Waals surface area contributed by atoms with Crippen molar-refractivity contribution < 1.29 is 32.9 Å². The SMILES string of the molecule is CC/C=C\C/C=C\C/C=C\C/C=C\C/C=C\C/C=C\C/C=C\C/C=C\C/C=C\C/C=C\C/C=C\CCCCCCCC(=O)NC(COP(=O)(O)OCC[N+](C)(C)C)C(O)CCCCCC. The summed E-state index contributed by atoms with van der Waals surface area (Å²) in [5.74, 6) is -0.180. The van der Waals surface area contributed by atoms with Crippen LogP contribution >= 0.6 is 7.82 Å². The van der Waals surface area contributed by atoms with Crippen LogP contribution in [-0.4, -0.2) is 73.4 Å². The normalized spacial score (nSPS) is 15.2. The van der Waals surface area contributed by atoms with Gasteiger partial charge in [0.25, 0.3) is 0 Å². The van der Waals surface area contributed by atoms with E-state index in [1.807, 2.05) is 21.1 Å². The molecule has 0 saturated carbocycles. The van der Waals surface area contributed by atoms with Crippen LogP contribution in [0.2, 0.25) is 0 Å². The standard InChI is InChI=1S/C56H93N2O6P/c1-6-8-10-12-13-14-15-16-17-18-19-20-21-22-23-24-25-26-27-28-29-30-31-32-33-34-35-36-37-38-39-40-41-42-43-44-45-46-48-50-56(60)57-54(55(59)49-47-11-9-7-2)53-64-65(61,62)63-52-51-58(3,4)5/h8,10,13-14,16-17,19-20,22-23,25-26,28-29,31-32,34-35,37-38,40-41,54-55,59H,6-7,9,11-12,15,18,21,24,27,30,33,36,39,42-53H2,1-5H3,(H-,57,60,61,62)/p+1/b10-8-,14-13-,17-16-,20-19-,23-22-,26-25-,29-28-,32-31-,35-34-,38-37-,41-40-. The van der Waals surface area contributed by atoms with E-state index in [0.29, 0.717) is 23.9 Å². The highest BCUT2D eigenvalue weighted by Crippen LogP contribution is 2.43. The number of phosphoric ester groups is 1. The summed E-state index contributed by atoms with van der Waals surface area (Å²) >= 11 is 0. The molecule has 0 bridgehead atoms. The number of allylic oxidation sites excluding steroid dienone is 22. The highest BCUT2D eigenvalue weighted by Gasteiger charge is 2.28. The van der Waals surface area contributed by atoms with E-state index in [1.54, 1.807) is 0 Å². The number of hydrogen-bond donors (Lipinski definition) is 3. The zero-order valence-corrected chi connectivity index (χ0v) is 42.6. The summed E-state index contributed by atoms with van der Waals surface area (Å²) in [5, 5.41) is 13.7. The van der Waals surface area contributed by atoms with Crippen molar-refractivity contribution in [3.05, 3.63) is 134 Å². The maximum Gasteiger partial charge on any atom is 0.472 e.